The van der Waals surface area contributed by atoms with Gasteiger partial charge in [-0.1, -0.05) is 42.5 Å². The van der Waals surface area contributed by atoms with Crippen LogP contribution in [0.4, 0.5) is 5.69 Å². The summed E-state index contributed by atoms with van der Waals surface area (Å²) >= 11 is 1.50. The molecule has 1 fully saturated rings. The van der Waals surface area contributed by atoms with Crippen LogP contribution in [0.5, 0.6) is 0 Å². The number of thioether (sulfide) groups is 1. The highest BCUT2D eigenvalue weighted by atomic mass is 32.2. The van der Waals surface area contributed by atoms with Gasteiger partial charge in [0, 0.05) is 43.4 Å². The van der Waals surface area contributed by atoms with E-state index < -0.39 is 22.2 Å². The fraction of sp³-hybridized carbons (Fsp3) is 0.438. The lowest BCUT2D eigenvalue weighted by atomic mass is 9.90. The van der Waals surface area contributed by atoms with Gasteiger partial charge in [-0.2, -0.15) is 11.8 Å². The van der Waals surface area contributed by atoms with Crippen LogP contribution in [0.2, 0.25) is 0 Å². The summed E-state index contributed by atoms with van der Waals surface area (Å²) in [6, 6.07) is 15.8. The highest BCUT2D eigenvalue weighted by molar-refractivity contribution is 7.98. The van der Waals surface area contributed by atoms with Crippen LogP contribution in [0.15, 0.2) is 67.1 Å². The Labute approximate surface area is 266 Å². The standard InChI is InChI=1S/C32H39N5O7S/c1-43-30(40)32(16-18-45-2,35-29(39)14-11-24-7-4-3-5-8-24)44-22-31(15-6-17-34-31)28(38)19-27-20-33-23-36(27)21-25-9-12-26(13-10-25)37(41)42/h3-5,7-10,12-13,20,23,34H,6,11,14-19,21-22H2,1-2H3,(H,35,39)/t31-,32+/m0/s1. The molecule has 240 valence electrons. The molecule has 45 heavy (non-hydrogen) atoms. The van der Waals surface area contributed by atoms with Crippen molar-refractivity contribution in [3.05, 3.63) is 94.1 Å². The molecular formula is C32H39N5O7S. The molecule has 3 aromatic rings. The number of ketones is 1. The summed E-state index contributed by atoms with van der Waals surface area (Å²) in [5.74, 6) is -0.722. The number of rotatable bonds is 17. The second-order valence-corrected chi connectivity index (χ2v) is 12.0. The normalized spacial score (nSPS) is 17.4. The number of non-ortho nitro benzene ring substituents is 1. The molecule has 2 atom stereocenters. The third kappa shape index (κ3) is 8.77. The summed E-state index contributed by atoms with van der Waals surface area (Å²) in [5.41, 5.74) is -0.363. The monoisotopic (exact) mass is 637 g/mol. The number of Topliss-reactive ketones (excluding diaryl/α,β-unsaturated/α-hetero) is 1. The number of nitrogens with one attached hydrogen (secondary N) is 2. The lowest BCUT2D eigenvalue weighted by Gasteiger charge is -2.36. The first-order valence-corrected chi connectivity index (χ1v) is 16.2. The molecular weight excluding hydrogens is 598 g/mol. The maximum Gasteiger partial charge on any atom is 0.359 e. The lowest BCUT2D eigenvalue weighted by molar-refractivity contribution is -0.384. The number of hydrogen-bond donors (Lipinski definition) is 2. The average Bonchev–Trinajstić information content (AvgIpc) is 3.72. The van der Waals surface area contributed by atoms with Crippen molar-refractivity contribution in [3.8, 4) is 0 Å². The van der Waals surface area contributed by atoms with Gasteiger partial charge in [0.25, 0.3) is 5.69 Å². The number of nitro groups is 1. The molecule has 1 aliphatic heterocycles. The van der Waals surface area contributed by atoms with Gasteiger partial charge >= 0.3 is 5.97 Å². The van der Waals surface area contributed by atoms with E-state index in [2.05, 4.69) is 15.6 Å². The Balaban J connectivity index is 1.49. The quantitative estimate of drug-likeness (QED) is 0.0973. The minimum atomic E-state index is -1.76. The number of amides is 1. The highest BCUT2D eigenvalue weighted by Crippen LogP contribution is 2.28. The summed E-state index contributed by atoms with van der Waals surface area (Å²) in [6.07, 6.45) is 7.19. The largest absolute Gasteiger partial charge is 0.465 e. The molecule has 2 heterocycles. The number of aromatic nitrogens is 2. The second kappa shape index (κ2) is 15.8. The van der Waals surface area contributed by atoms with Crippen LogP contribution in [0.1, 0.15) is 42.5 Å². The van der Waals surface area contributed by atoms with Crippen molar-refractivity contribution < 1.29 is 28.8 Å². The third-order valence-electron chi connectivity index (χ3n) is 7.98. The van der Waals surface area contributed by atoms with Crippen LogP contribution in [-0.2, 0) is 43.2 Å². The maximum absolute atomic E-state index is 13.9. The zero-order valence-corrected chi connectivity index (χ0v) is 26.3. The summed E-state index contributed by atoms with van der Waals surface area (Å²) in [7, 11) is 1.25. The number of nitrogens with zero attached hydrogens (tertiary/aromatic N) is 3. The average molecular weight is 638 g/mol. The van der Waals surface area contributed by atoms with Crippen LogP contribution >= 0.6 is 11.8 Å². The van der Waals surface area contributed by atoms with Crippen LogP contribution in [-0.4, -0.2) is 75.7 Å². The van der Waals surface area contributed by atoms with E-state index >= 15 is 0 Å². The zero-order chi connectivity index (χ0) is 32.3. The van der Waals surface area contributed by atoms with E-state index in [0.29, 0.717) is 37.4 Å². The minimum Gasteiger partial charge on any atom is -0.465 e. The molecule has 0 bridgehead atoms. The number of imidazole rings is 1. The first kappa shape index (κ1) is 33.8. The smallest absolute Gasteiger partial charge is 0.359 e. The number of esters is 1. The van der Waals surface area contributed by atoms with Crippen molar-refractivity contribution in [2.24, 2.45) is 0 Å². The van der Waals surface area contributed by atoms with Crippen molar-refractivity contribution in [3.63, 3.8) is 0 Å². The molecule has 2 N–H and O–H groups in total. The Morgan fingerprint density at radius 3 is 2.56 bits per heavy atom. The molecule has 1 aromatic heterocycles. The number of aryl methyl sites for hydroxylation is 1. The van der Waals surface area contributed by atoms with Gasteiger partial charge in [-0.25, -0.2) is 9.78 Å². The lowest BCUT2D eigenvalue weighted by Crippen LogP contribution is -2.61. The van der Waals surface area contributed by atoms with Crippen molar-refractivity contribution in [1.29, 1.82) is 0 Å². The molecule has 0 spiro atoms. The van der Waals surface area contributed by atoms with Crippen molar-refractivity contribution >= 4 is 35.1 Å². The van der Waals surface area contributed by atoms with Crippen molar-refractivity contribution in [2.45, 2.75) is 56.3 Å². The SMILES string of the molecule is COC(=O)[C@](CCSC)(NC(=O)CCc1ccccc1)OC[C@]1(C(=O)Cc2cncn2Cc2ccc([N+](=O)[O-])cc2)CCCN1. The molecule has 2 aromatic carbocycles. The number of hydrogen-bond acceptors (Lipinski definition) is 10. The summed E-state index contributed by atoms with van der Waals surface area (Å²) in [5, 5.41) is 17.1. The van der Waals surface area contributed by atoms with E-state index in [1.165, 1.54) is 31.0 Å². The zero-order valence-electron chi connectivity index (χ0n) is 25.5. The molecule has 0 unspecified atom stereocenters. The van der Waals surface area contributed by atoms with Crippen molar-refractivity contribution in [1.82, 2.24) is 20.2 Å². The van der Waals surface area contributed by atoms with E-state index in [0.717, 1.165) is 17.5 Å². The number of carbonyl (C=O) groups is 3. The molecule has 4 rings (SSSR count). The molecule has 0 saturated carbocycles. The number of carbonyl (C=O) groups excluding carboxylic acids is 3. The molecule has 0 aliphatic carbocycles. The number of methoxy groups -OCH3 is 1. The van der Waals surface area contributed by atoms with Gasteiger partial charge in [-0.05, 0) is 48.9 Å². The van der Waals surface area contributed by atoms with Crippen LogP contribution in [0.25, 0.3) is 0 Å². The van der Waals surface area contributed by atoms with Crippen molar-refractivity contribution in [2.75, 3.05) is 32.3 Å². The predicted molar refractivity (Wildman–Crippen MR) is 170 cm³/mol. The van der Waals surface area contributed by atoms with Gasteiger partial charge in [0.2, 0.25) is 11.6 Å². The fourth-order valence-electron chi connectivity index (χ4n) is 5.37. The topological polar surface area (TPSA) is 155 Å². The first-order valence-electron chi connectivity index (χ1n) is 14.8. The Bertz CT molecular complexity index is 1460. The van der Waals surface area contributed by atoms with Crippen LogP contribution in [0, 0.1) is 10.1 Å². The van der Waals surface area contributed by atoms with E-state index in [1.807, 2.05) is 41.2 Å². The molecule has 0 radical (unpaired) electrons. The highest BCUT2D eigenvalue weighted by Gasteiger charge is 2.48. The summed E-state index contributed by atoms with van der Waals surface area (Å²) < 4.78 is 13.3. The third-order valence-corrected chi connectivity index (χ3v) is 8.59. The Kier molecular flexibility index (Phi) is 11.9. The number of ether oxygens (including phenoxy) is 2. The Morgan fingerprint density at radius 2 is 1.91 bits per heavy atom. The number of nitro benzene ring substituents is 1. The van der Waals surface area contributed by atoms with E-state index in [9.17, 15) is 24.5 Å². The van der Waals surface area contributed by atoms with Gasteiger partial charge in [-0.3, -0.25) is 19.7 Å². The summed E-state index contributed by atoms with van der Waals surface area (Å²) in [4.78, 5) is 55.1. The van der Waals surface area contributed by atoms with Gasteiger partial charge < -0.3 is 24.7 Å². The van der Waals surface area contributed by atoms with E-state index in [-0.39, 0.29) is 43.2 Å². The molecule has 1 saturated heterocycles. The minimum absolute atomic E-state index is 0.00183. The maximum atomic E-state index is 13.9. The van der Waals surface area contributed by atoms with Gasteiger partial charge in [0.15, 0.2) is 5.78 Å². The fourth-order valence-corrected chi connectivity index (χ4v) is 5.86. The van der Waals surface area contributed by atoms with Gasteiger partial charge in [0.1, 0.15) is 5.54 Å². The molecule has 1 amide bonds. The molecule has 13 heteroatoms. The van der Waals surface area contributed by atoms with Gasteiger partial charge in [-0.15, -0.1) is 0 Å². The Morgan fingerprint density at radius 1 is 1.16 bits per heavy atom. The summed E-state index contributed by atoms with van der Waals surface area (Å²) in [6.45, 7) is 0.827. The van der Waals surface area contributed by atoms with Gasteiger partial charge in [0.05, 0.1) is 31.4 Å². The Hall–Kier alpha value is -4.07. The van der Waals surface area contributed by atoms with Crippen LogP contribution in [0.3, 0.4) is 0 Å². The first-order chi connectivity index (χ1) is 21.7. The second-order valence-electron chi connectivity index (χ2n) is 11.0. The molecule has 12 nitrogen and oxygen atoms in total. The molecule has 1 aliphatic rings. The van der Waals surface area contributed by atoms with Crippen LogP contribution < -0.4 is 10.6 Å². The predicted octanol–water partition coefficient (Wildman–Crippen LogP) is 3.46. The number of benzene rings is 2. The van der Waals surface area contributed by atoms with E-state index in [4.69, 9.17) is 9.47 Å². The van der Waals surface area contributed by atoms with E-state index in [1.54, 1.807) is 24.7 Å².